The molecule has 2 N–H and O–H groups in total. The lowest BCUT2D eigenvalue weighted by atomic mass is 9.97. The molecule has 4 aromatic rings. The Hall–Kier alpha value is -4.88. The number of hydrogen-bond acceptors (Lipinski definition) is 9. The molecule has 4 aliphatic heterocycles. The fourth-order valence-electron chi connectivity index (χ4n) is 8.70. The van der Waals surface area contributed by atoms with Gasteiger partial charge in [-0.15, -0.1) is 0 Å². The maximum Gasteiger partial charge on any atom is 0.262 e. The van der Waals surface area contributed by atoms with Crippen molar-refractivity contribution >= 4 is 53.3 Å². The molecule has 12 heteroatoms. The molecule has 0 bridgehead atoms. The molecule has 9 rings (SSSR count). The molecule has 0 radical (unpaired) electrons. The van der Waals surface area contributed by atoms with Gasteiger partial charge in [0.05, 0.1) is 36.6 Å². The minimum atomic E-state index is -0.441. The first-order chi connectivity index (χ1) is 28.1. The molecule has 1 aliphatic carbocycles. The van der Waals surface area contributed by atoms with Crippen molar-refractivity contribution in [2.24, 2.45) is 0 Å². The van der Waals surface area contributed by atoms with Crippen LogP contribution < -0.4 is 29.9 Å². The Morgan fingerprint density at radius 3 is 2.26 bits per heavy atom. The van der Waals surface area contributed by atoms with Crippen molar-refractivity contribution in [3.63, 3.8) is 0 Å². The highest BCUT2D eigenvalue weighted by Crippen LogP contribution is 2.43. The molecule has 58 heavy (non-hydrogen) atoms. The van der Waals surface area contributed by atoms with E-state index in [0.717, 1.165) is 69.4 Å². The Morgan fingerprint density at radius 2 is 1.52 bits per heavy atom. The minimum absolute atomic E-state index is 0.0105. The van der Waals surface area contributed by atoms with Crippen molar-refractivity contribution in [1.82, 2.24) is 5.32 Å². The quantitative estimate of drug-likeness (QED) is 0.155. The summed E-state index contributed by atoms with van der Waals surface area (Å²) in [5.41, 5.74) is 10.1. The monoisotopic (exact) mass is 817 g/mol. The third-order valence-electron chi connectivity index (χ3n) is 11.3. The van der Waals surface area contributed by atoms with Gasteiger partial charge in [0.15, 0.2) is 11.5 Å². The van der Waals surface area contributed by atoms with Crippen LogP contribution in [0.5, 0.6) is 11.5 Å². The first-order valence-corrected chi connectivity index (χ1v) is 21.4. The van der Waals surface area contributed by atoms with Crippen LogP contribution in [-0.4, -0.2) is 67.5 Å². The average Bonchev–Trinajstić information content (AvgIpc) is 3.74. The van der Waals surface area contributed by atoms with Crippen LogP contribution in [0.2, 0.25) is 0 Å². The summed E-state index contributed by atoms with van der Waals surface area (Å²) < 4.78 is 24.8. The van der Waals surface area contributed by atoms with Crippen LogP contribution in [0.15, 0.2) is 102 Å². The number of hydrogen-bond donors (Lipinski definition) is 2. The van der Waals surface area contributed by atoms with Crippen LogP contribution in [0.25, 0.3) is 0 Å². The Bertz CT molecular complexity index is 2340. The summed E-state index contributed by atoms with van der Waals surface area (Å²) in [7, 11) is 3.25. The van der Waals surface area contributed by atoms with E-state index in [-0.39, 0.29) is 35.4 Å². The third kappa shape index (κ3) is 7.47. The number of ether oxygens (including phenoxy) is 4. The molecule has 300 valence electrons. The number of anilines is 3. The number of benzene rings is 4. The van der Waals surface area contributed by atoms with Gasteiger partial charge in [0, 0.05) is 54.7 Å². The molecule has 3 unspecified atom stereocenters. The molecule has 4 heterocycles. The number of amides is 2. The third-order valence-corrected chi connectivity index (χ3v) is 13.2. The SMILES string of the molecule is COc1cc2c(cc1OCc1cc(COC3C=C4NC[C@@H]5Cc6ccccc6N5C(=O)C4=CC3OC)cc(CSCC(C)(C)[SH2+])c1)NC1Cc3ccccc3N1C2=O. The van der Waals surface area contributed by atoms with E-state index in [4.69, 9.17) is 18.9 Å². The van der Waals surface area contributed by atoms with E-state index in [1.807, 2.05) is 76.2 Å². The number of nitrogens with one attached hydrogen (secondary N) is 2. The topological polar surface area (TPSA) is 102 Å². The lowest BCUT2D eigenvalue weighted by molar-refractivity contribution is -0.115. The zero-order chi connectivity index (χ0) is 40.1. The second-order valence-electron chi connectivity index (χ2n) is 16.2. The van der Waals surface area contributed by atoms with Gasteiger partial charge >= 0.3 is 0 Å². The standard InChI is InChI=1S/C46H48N4O6S2/c1-46(2,57)26-58-25-29-14-27(23-55-41-20-35-33(18-39(41)53-3)44(51)49-32(22-47-35)16-30-9-5-7-11-37(30)49)13-28(15-29)24-56-42-21-36-34(19-40(42)54-4)45(52)50-38-12-8-6-10-31(38)17-43(50)48-36/h5-15,18-21,32,39,41,43,47-48,57H,16-17,22-26H2,1-4H3/p+1/t32-,39?,41?,43?/m0/s1. The predicted octanol–water partition coefficient (Wildman–Crippen LogP) is 6.54. The van der Waals surface area contributed by atoms with Gasteiger partial charge in [0.25, 0.3) is 11.8 Å². The predicted molar refractivity (Wildman–Crippen MR) is 233 cm³/mol. The van der Waals surface area contributed by atoms with Crippen molar-refractivity contribution in [2.75, 3.05) is 41.6 Å². The summed E-state index contributed by atoms with van der Waals surface area (Å²) in [4.78, 5) is 31.6. The fraction of sp³-hybridized carbons (Fsp3) is 0.348. The second kappa shape index (κ2) is 15.7. The normalized spacial score (nSPS) is 21.6. The summed E-state index contributed by atoms with van der Waals surface area (Å²) in [6.07, 6.45) is 4.45. The summed E-state index contributed by atoms with van der Waals surface area (Å²) in [6.45, 7) is 5.60. The van der Waals surface area contributed by atoms with Crippen molar-refractivity contribution in [3.05, 3.63) is 136 Å². The minimum Gasteiger partial charge on any atom is -0.493 e. The molecule has 0 aromatic heterocycles. The van der Waals surface area contributed by atoms with Gasteiger partial charge in [-0.3, -0.25) is 14.5 Å². The summed E-state index contributed by atoms with van der Waals surface area (Å²) >= 11 is 5.70. The molecule has 2 amide bonds. The highest BCUT2D eigenvalue weighted by Gasteiger charge is 2.42. The fourth-order valence-corrected chi connectivity index (χ4v) is 10.0. The number of carbonyl (C=O) groups is 2. The molecule has 1 saturated heterocycles. The molecule has 1 fully saturated rings. The molecule has 5 aliphatic rings. The second-order valence-corrected chi connectivity index (χ2v) is 18.6. The van der Waals surface area contributed by atoms with Crippen LogP contribution in [0.3, 0.4) is 0 Å². The number of methoxy groups -OCH3 is 2. The van der Waals surface area contributed by atoms with E-state index in [1.54, 1.807) is 20.3 Å². The van der Waals surface area contributed by atoms with E-state index < -0.39 is 12.2 Å². The van der Waals surface area contributed by atoms with Crippen LogP contribution in [-0.2, 0) is 58.7 Å². The van der Waals surface area contributed by atoms with Gasteiger partial charge in [-0.2, -0.15) is 11.8 Å². The van der Waals surface area contributed by atoms with E-state index in [1.165, 1.54) is 5.56 Å². The van der Waals surface area contributed by atoms with Crippen LogP contribution in [0.1, 0.15) is 52.0 Å². The van der Waals surface area contributed by atoms with Crippen molar-refractivity contribution in [1.29, 1.82) is 0 Å². The van der Waals surface area contributed by atoms with Crippen molar-refractivity contribution < 1.29 is 28.5 Å². The number of para-hydroxylation sites is 2. The van der Waals surface area contributed by atoms with Gasteiger partial charge in [0.2, 0.25) is 0 Å². The van der Waals surface area contributed by atoms with Crippen molar-refractivity contribution in [2.45, 2.75) is 74.8 Å². The number of thioether (sulfide) groups is 1. The Morgan fingerprint density at radius 1 is 0.810 bits per heavy atom. The lowest BCUT2D eigenvalue weighted by Crippen LogP contribution is -2.46. The molecular weight excluding hydrogens is 769 g/mol. The summed E-state index contributed by atoms with van der Waals surface area (Å²) in [5.74, 6) is 2.73. The first-order valence-electron chi connectivity index (χ1n) is 19.8. The van der Waals surface area contributed by atoms with Gasteiger partial charge < -0.3 is 34.5 Å². The number of carbonyl (C=O) groups excluding carboxylic acids is 2. The zero-order valence-corrected chi connectivity index (χ0v) is 35.0. The van der Waals surface area contributed by atoms with Crippen molar-refractivity contribution in [3.8, 4) is 11.5 Å². The molecular formula is C46H49N4O6S2+. The molecule has 0 saturated carbocycles. The number of nitrogens with zero attached hydrogens (tertiary/aromatic N) is 2. The Labute approximate surface area is 349 Å². The maximum absolute atomic E-state index is 14.0. The summed E-state index contributed by atoms with van der Waals surface area (Å²) in [5, 5.41) is 7.14. The highest BCUT2D eigenvalue weighted by atomic mass is 32.2. The van der Waals surface area contributed by atoms with E-state index in [9.17, 15) is 9.59 Å². The van der Waals surface area contributed by atoms with Crippen LogP contribution >= 0.6 is 11.8 Å². The van der Waals surface area contributed by atoms with Crippen LogP contribution in [0, 0.1) is 0 Å². The largest absolute Gasteiger partial charge is 0.493 e. The van der Waals surface area contributed by atoms with E-state index in [2.05, 4.69) is 67.4 Å². The molecule has 4 aromatic carbocycles. The maximum atomic E-state index is 14.0. The number of fused-ring (bicyclic) bond motifs is 8. The first kappa shape index (κ1) is 38.6. The Balaban J connectivity index is 0.931. The molecule has 10 nitrogen and oxygen atoms in total. The molecule has 4 atom stereocenters. The molecule has 0 spiro atoms. The Kier molecular flexibility index (Phi) is 10.5. The van der Waals surface area contributed by atoms with Gasteiger partial charge in [-0.1, -0.05) is 54.6 Å². The lowest BCUT2D eigenvalue weighted by Gasteiger charge is -2.33. The highest BCUT2D eigenvalue weighted by molar-refractivity contribution is 7.99. The average molecular weight is 818 g/mol. The van der Waals surface area contributed by atoms with Crippen LogP contribution in [0.4, 0.5) is 17.1 Å². The zero-order valence-electron chi connectivity index (χ0n) is 33.2. The van der Waals surface area contributed by atoms with Gasteiger partial charge in [0.1, 0.15) is 29.7 Å². The smallest absolute Gasteiger partial charge is 0.262 e. The van der Waals surface area contributed by atoms with Gasteiger partial charge in [-0.25, -0.2) is 0 Å². The number of rotatable bonds is 12. The van der Waals surface area contributed by atoms with E-state index in [0.29, 0.717) is 35.8 Å². The summed E-state index contributed by atoms with van der Waals surface area (Å²) in [6, 6.07) is 26.4. The van der Waals surface area contributed by atoms with Gasteiger partial charge in [-0.05, 0) is 91.1 Å². The van der Waals surface area contributed by atoms with E-state index >= 15 is 0 Å².